The molecule has 1 aromatic heterocycles. The molecule has 0 fully saturated rings. The highest BCUT2D eigenvalue weighted by Gasteiger charge is 2.05. The number of hydrogen-bond donors (Lipinski definition) is 2. The first-order valence-electron chi connectivity index (χ1n) is 6.44. The molecule has 1 heterocycles. The summed E-state index contributed by atoms with van der Waals surface area (Å²) in [6.45, 7) is 1.33. The highest BCUT2D eigenvalue weighted by molar-refractivity contribution is 7.09. The number of methoxy groups -OCH3 is 1. The highest BCUT2D eigenvalue weighted by atomic mass is 32.1. The molecule has 108 valence electrons. The lowest BCUT2D eigenvalue weighted by molar-refractivity contribution is 0.0359. The van der Waals surface area contributed by atoms with Gasteiger partial charge in [-0.3, -0.25) is 0 Å². The van der Waals surface area contributed by atoms with E-state index in [9.17, 15) is 5.11 Å². The molecular formula is C15H19NO3S. The predicted octanol–water partition coefficient (Wildman–Crippen LogP) is 2.75. The molecule has 0 spiro atoms. The van der Waals surface area contributed by atoms with E-state index >= 15 is 0 Å². The topological polar surface area (TPSA) is 50.7 Å². The maximum absolute atomic E-state index is 9.83. The van der Waals surface area contributed by atoms with Crippen molar-refractivity contribution >= 4 is 17.0 Å². The van der Waals surface area contributed by atoms with Gasteiger partial charge in [-0.2, -0.15) is 0 Å². The smallest absolute Gasteiger partial charge is 0.119 e. The van der Waals surface area contributed by atoms with E-state index in [1.165, 1.54) is 4.88 Å². The number of nitrogens with one attached hydrogen (secondary N) is 1. The zero-order valence-electron chi connectivity index (χ0n) is 11.4. The summed E-state index contributed by atoms with van der Waals surface area (Å²) >= 11 is 1.65. The molecule has 0 bridgehead atoms. The maximum Gasteiger partial charge on any atom is 0.119 e. The number of thiophene rings is 1. The third-order valence-electron chi connectivity index (χ3n) is 2.77. The molecule has 0 aliphatic rings. The second kappa shape index (κ2) is 7.89. The van der Waals surface area contributed by atoms with Crippen LogP contribution in [0.4, 0.5) is 5.69 Å². The molecule has 0 aliphatic carbocycles. The van der Waals surface area contributed by atoms with Gasteiger partial charge in [0.15, 0.2) is 0 Å². The van der Waals surface area contributed by atoms with E-state index in [1.54, 1.807) is 18.4 Å². The van der Waals surface area contributed by atoms with Gasteiger partial charge in [0, 0.05) is 17.1 Å². The van der Waals surface area contributed by atoms with Crippen LogP contribution in [-0.4, -0.2) is 31.5 Å². The van der Waals surface area contributed by atoms with Crippen molar-refractivity contribution in [1.29, 1.82) is 0 Å². The van der Waals surface area contributed by atoms with Gasteiger partial charge in [0.1, 0.15) is 5.75 Å². The van der Waals surface area contributed by atoms with Crippen LogP contribution in [0.5, 0.6) is 5.75 Å². The second-order valence-corrected chi connectivity index (χ2v) is 5.39. The molecule has 1 atom stereocenters. The van der Waals surface area contributed by atoms with Crippen LogP contribution in [0.3, 0.4) is 0 Å². The number of hydrogen-bond acceptors (Lipinski definition) is 5. The SMILES string of the molecule is COc1ccc(NCC(O)COCc2cccs2)cc1. The number of anilines is 1. The molecule has 1 unspecified atom stereocenters. The summed E-state index contributed by atoms with van der Waals surface area (Å²) in [5.41, 5.74) is 0.947. The van der Waals surface area contributed by atoms with Crippen molar-refractivity contribution < 1.29 is 14.6 Å². The first-order valence-corrected chi connectivity index (χ1v) is 7.32. The zero-order chi connectivity index (χ0) is 14.2. The number of ether oxygens (including phenoxy) is 2. The summed E-state index contributed by atoms with van der Waals surface area (Å²) in [7, 11) is 1.64. The van der Waals surface area contributed by atoms with Crippen LogP contribution < -0.4 is 10.1 Å². The minimum absolute atomic E-state index is 0.320. The van der Waals surface area contributed by atoms with Crippen LogP contribution >= 0.6 is 11.3 Å². The Hall–Kier alpha value is -1.56. The fourth-order valence-corrected chi connectivity index (χ4v) is 2.33. The van der Waals surface area contributed by atoms with Crippen LogP contribution in [0, 0.1) is 0 Å². The van der Waals surface area contributed by atoms with Gasteiger partial charge >= 0.3 is 0 Å². The van der Waals surface area contributed by atoms with Crippen molar-refractivity contribution in [3.63, 3.8) is 0 Å². The van der Waals surface area contributed by atoms with Gasteiger partial charge in [0.05, 0.1) is 26.4 Å². The Kier molecular flexibility index (Phi) is 5.86. The Balaban J connectivity index is 1.65. The summed E-state index contributed by atoms with van der Waals surface area (Å²) < 4.78 is 10.6. The lowest BCUT2D eigenvalue weighted by atomic mass is 10.3. The van der Waals surface area contributed by atoms with Gasteiger partial charge in [-0.25, -0.2) is 0 Å². The third kappa shape index (κ3) is 4.85. The van der Waals surface area contributed by atoms with Crippen LogP contribution in [0.15, 0.2) is 41.8 Å². The molecule has 0 aliphatic heterocycles. The molecule has 0 saturated carbocycles. The monoisotopic (exact) mass is 293 g/mol. The van der Waals surface area contributed by atoms with E-state index in [1.807, 2.05) is 41.8 Å². The zero-order valence-corrected chi connectivity index (χ0v) is 12.2. The van der Waals surface area contributed by atoms with E-state index in [0.29, 0.717) is 19.8 Å². The standard InChI is InChI=1S/C15H19NO3S/c1-18-14-6-4-12(5-7-14)16-9-13(17)10-19-11-15-3-2-8-20-15/h2-8,13,16-17H,9-11H2,1H3. The number of aliphatic hydroxyl groups excluding tert-OH is 1. The molecule has 0 saturated heterocycles. The quantitative estimate of drug-likeness (QED) is 0.786. The summed E-state index contributed by atoms with van der Waals surface area (Å²) in [6.07, 6.45) is -0.530. The second-order valence-electron chi connectivity index (χ2n) is 4.36. The average Bonchev–Trinajstić information content (AvgIpc) is 2.99. The van der Waals surface area contributed by atoms with Gasteiger partial charge in [-0.05, 0) is 35.7 Å². The van der Waals surface area contributed by atoms with Crippen LogP contribution in [-0.2, 0) is 11.3 Å². The van der Waals surface area contributed by atoms with E-state index in [2.05, 4.69) is 5.32 Å². The van der Waals surface area contributed by atoms with Gasteiger partial charge in [0.25, 0.3) is 0 Å². The molecule has 2 rings (SSSR count). The lowest BCUT2D eigenvalue weighted by Gasteiger charge is -2.13. The number of aliphatic hydroxyl groups is 1. The molecule has 0 amide bonds. The Bertz CT molecular complexity index is 484. The van der Waals surface area contributed by atoms with E-state index in [0.717, 1.165) is 11.4 Å². The Labute approximate surface area is 123 Å². The summed E-state index contributed by atoms with van der Waals surface area (Å²) in [5, 5.41) is 15.0. The Morgan fingerprint density at radius 1 is 1.25 bits per heavy atom. The van der Waals surface area contributed by atoms with Gasteiger partial charge in [-0.1, -0.05) is 6.07 Å². The van der Waals surface area contributed by atoms with Gasteiger partial charge in [0.2, 0.25) is 0 Å². The molecule has 2 N–H and O–H groups in total. The van der Waals surface area contributed by atoms with Crippen molar-refractivity contribution in [2.45, 2.75) is 12.7 Å². The third-order valence-corrected chi connectivity index (χ3v) is 3.62. The molecule has 2 aromatic rings. The van der Waals surface area contributed by atoms with Crippen molar-refractivity contribution in [1.82, 2.24) is 0 Å². The molecule has 0 radical (unpaired) electrons. The maximum atomic E-state index is 9.83. The van der Waals surface area contributed by atoms with Crippen LogP contribution in [0.2, 0.25) is 0 Å². The van der Waals surface area contributed by atoms with Gasteiger partial charge in [-0.15, -0.1) is 11.3 Å². The van der Waals surface area contributed by atoms with Gasteiger partial charge < -0.3 is 19.9 Å². The fourth-order valence-electron chi connectivity index (χ4n) is 1.69. The Morgan fingerprint density at radius 2 is 2.05 bits per heavy atom. The van der Waals surface area contributed by atoms with Crippen molar-refractivity contribution in [2.75, 3.05) is 25.6 Å². The number of rotatable bonds is 8. The largest absolute Gasteiger partial charge is 0.497 e. The first-order chi connectivity index (χ1) is 9.78. The average molecular weight is 293 g/mol. The summed E-state index contributed by atoms with van der Waals surface area (Å²) in [4.78, 5) is 1.17. The molecule has 5 heteroatoms. The highest BCUT2D eigenvalue weighted by Crippen LogP contribution is 2.15. The Morgan fingerprint density at radius 3 is 2.70 bits per heavy atom. The van der Waals surface area contributed by atoms with Crippen molar-refractivity contribution in [3.8, 4) is 5.75 Å². The van der Waals surface area contributed by atoms with E-state index < -0.39 is 6.10 Å². The minimum Gasteiger partial charge on any atom is -0.497 e. The van der Waals surface area contributed by atoms with E-state index in [-0.39, 0.29) is 0 Å². The van der Waals surface area contributed by atoms with Crippen LogP contribution in [0.25, 0.3) is 0 Å². The normalized spacial score (nSPS) is 12.1. The minimum atomic E-state index is -0.530. The number of benzene rings is 1. The predicted molar refractivity (Wildman–Crippen MR) is 81.5 cm³/mol. The van der Waals surface area contributed by atoms with E-state index in [4.69, 9.17) is 9.47 Å². The van der Waals surface area contributed by atoms with Crippen molar-refractivity contribution in [2.24, 2.45) is 0 Å². The molecular weight excluding hydrogens is 274 g/mol. The van der Waals surface area contributed by atoms with Crippen LogP contribution in [0.1, 0.15) is 4.88 Å². The van der Waals surface area contributed by atoms with Crippen molar-refractivity contribution in [3.05, 3.63) is 46.7 Å². The summed E-state index contributed by atoms with van der Waals surface area (Å²) in [6, 6.07) is 11.6. The lowest BCUT2D eigenvalue weighted by Crippen LogP contribution is -2.24. The molecule has 20 heavy (non-hydrogen) atoms. The summed E-state index contributed by atoms with van der Waals surface area (Å²) in [5.74, 6) is 0.815. The first kappa shape index (κ1) is 14.8. The molecule has 1 aromatic carbocycles. The molecule has 4 nitrogen and oxygen atoms in total. The fraction of sp³-hybridized carbons (Fsp3) is 0.333.